The van der Waals surface area contributed by atoms with Gasteiger partial charge in [-0.1, -0.05) is 32.0 Å². The first kappa shape index (κ1) is 14.3. The molecule has 0 radical (unpaired) electrons. The molecule has 0 spiro atoms. The molecule has 0 saturated heterocycles. The van der Waals surface area contributed by atoms with Crippen molar-refractivity contribution in [1.29, 1.82) is 0 Å². The molecule has 0 saturated carbocycles. The summed E-state index contributed by atoms with van der Waals surface area (Å²) in [5, 5.41) is 4.53. The number of aryl methyl sites for hydroxylation is 2. The molecule has 0 aliphatic carbocycles. The van der Waals surface area contributed by atoms with Crippen LogP contribution in [0.2, 0.25) is 0 Å². The predicted octanol–water partition coefficient (Wildman–Crippen LogP) is 2.85. The Kier molecular flexibility index (Phi) is 4.56. The lowest BCUT2D eigenvalue weighted by Crippen LogP contribution is -2.14. The molecule has 0 bridgehead atoms. The number of rotatable bonds is 5. The van der Waals surface area contributed by atoms with E-state index in [0.717, 1.165) is 29.8 Å². The smallest absolute Gasteiger partial charge is 0.327 e. The number of nitrogens with zero attached hydrogens (tertiary/aromatic N) is 2. The Hall–Kier alpha value is -2.10. The van der Waals surface area contributed by atoms with Gasteiger partial charge in [0.2, 0.25) is 0 Å². The molecule has 4 nitrogen and oxygen atoms in total. The molecule has 0 N–H and O–H groups in total. The SMILES string of the molecule is CCc1cccc(-c2cc(CC)n(CC(=O)OC)n2)c1. The van der Waals surface area contributed by atoms with Gasteiger partial charge in [-0.2, -0.15) is 5.10 Å². The van der Waals surface area contributed by atoms with Crippen molar-refractivity contribution in [3.63, 3.8) is 0 Å². The number of methoxy groups -OCH3 is 1. The van der Waals surface area contributed by atoms with Gasteiger partial charge < -0.3 is 4.74 Å². The van der Waals surface area contributed by atoms with Crippen LogP contribution >= 0.6 is 0 Å². The molecule has 106 valence electrons. The molecule has 0 atom stereocenters. The third kappa shape index (κ3) is 3.07. The van der Waals surface area contributed by atoms with Crippen LogP contribution in [0.4, 0.5) is 0 Å². The lowest BCUT2D eigenvalue weighted by molar-refractivity contribution is -0.141. The second kappa shape index (κ2) is 6.37. The zero-order valence-electron chi connectivity index (χ0n) is 12.2. The second-order valence-electron chi connectivity index (χ2n) is 4.66. The maximum Gasteiger partial charge on any atom is 0.327 e. The number of ether oxygens (including phenoxy) is 1. The zero-order chi connectivity index (χ0) is 14.5. The minimum Gasteiger partial charge on any atom is -0.468 e. The Morgan fingerprint density at radius 1 is 1.25 bits per heavy atom. The van der Waals surface area contributed by atoms with Crippen molar-refractivity contribution in [2.24, 2.45) is 0 Å². The normalized spacial score (nSPS) is 10.6. The first-order chi connectivity index (χ1) is 9.67. The summed E-state index contributed by atoms with van der Waals surface area (Å²) in [5.41, 5.74) is 4.30. The van der Waals surface area contributed by atoms with Gasteiger partial charge in [0.05, 0.1) is 12.8 Å². The second-order valence-corrected chi connectivity index (χ2v) is 4.66. The van der Waals surface area contributed by atoms with E-state index in [1.165, 1.54) is 12.7 Å². The number of carbonyl (C=O) groups is 1. The van der Waals surface area contributed by atoms with Crippen LogP contribution in [0.3, 0.4) is 0 Å². The maximum absolute atomic E-state index is 11.4. The fourth-order valence-electron chi connectivity index (χ4n) is 2.16. The van der Waals surface area contributed by atoms with E-state index >= 15 is 0 Å². The van der Waals surface area contributed by atoms with Crippen molar-refractivity contribution in [2.75, 3.05) is 7.11 Å². The predicted molar refractivity (Wildman–Crippen MR) is 78.4 cm³/mol. The van der Waals surface area contributed by atoms with Gasteiger partial charge >= 0.3 is 5.97 Å². The maximum atomic E-state index is 11.4. The van der Waals surface area contributed by atoms with E-state index in [1.54, 1.807) is 4.68 Å². The van der Waals surface area contributed by atoms with Gasteiger partial charge in [-0.05, 0) is 30.5 Å². The van der Waals surface area contributed by atoms with Gasteiger partial charge in [-0.15, -0.1) is 0 Å². The highest BCUT2D eigenvalue weighted by molar-refractivity contribution is 5.69. The van der Waals surface area contributed by atoms with Gasteiger partial charge in [-0.3, -0.25) is 9.48 Å². The molecule has 2 rings (SSSR count). The number of hydrogen-bond donors (Lipinski definition) is 0. The molecule has 0 aliphatic rings. The van der Waals surface area contributed by atoms with Crippen LogP contribution in [0.1, 0.15) is 25.1 Å². The summed E-state index contributed by atoms with van der Waals surface area (Å²) in [6, 6.07) is 10.4. The highest BCUT2D eigenvalue weighted by atomic mass is 16.5. The van der Waals surface area contributed by atoms with Gasteiger partial charge in [-0.25, -0.2) is 0 Å². The van der Waals surface area contributed by atoms with Crippen LogP contribution in [-0.2, 0) is 28.9 Å². The first-order valence-electron chi connectivity index (χ1n) is 6.90. The topological polar surface area (TPSA) is 44.1 Å². The zero-order valence-corrected chi connectivity index (χ0v) is 12.2. The van der Waals surface area contributed by atoms with Crippen LogP contribution in [0.15, 0.2) is 30.3 Å². The fraction of sp³-hybridized carbons (Fsp3) is 0.375. The summed E-state index contributed by atoms with van der Waals surface area (Å²) in [5.74, 6) is -0.281. The van der Waals surface area contributed by atoms with Crippen molar-refractivity contribution in [2.45, 2.75) is 33.2 Å². The largest absolute Gasteiger partial charge is 0.468 e. The van der Waals surface area contributed by atoms with Crippen molar-refractivity contribution in [3.05, 3.63) is 41.6 Å². The number of esters is 1. The standard InChI is InChI=1S/C16H20N2O2/c1-4-12-7-6-8-13(9-12)15-10-14(5-2)18(17-15)11-16(19)20-3/h6-10H,4-5,11H2,1-3H3. The Bertz CT molecular complexity index is 602. The van der Waals surface area contributed by atoms with E-state index < -0.39 is 0 Å². The molecule has 4 heteroatoms. The fourth-order valence-corrected chi connectivity index (χ4v) is 2.16. The van der Waals surface area contributed by atoms with E-state index in [4.69, 9.17) is 4.74 Å². The van der Waals surface area contributed by atoms with Crippen molar-refractivity contribution < 1.29 is 9.53 Å². The lowest BCUT2D eigenvalue weighted by Gasteiger charge is -2.03. The van der Waals surface area contributed by atoms with E-state index in [0.29, 0.717) is 0 Å². The van der Waals surface area contributed by atoms with E-state index in [2.05, 4.69) is 31.1 Å². The molecule has 2 aromatic rings. The molecule has 0 unspecified atom stereocenters. The Balaban J connectivity index is 2.35. The third-order valence-electron chi connectivity index (χ3n) is 3.36. The Morgan fingerprint density at radius 3 is 2.70 bits per heavy atom. The summed E-state index contributed by atoms with van der Waals surface area (Å²) in [6.45, 7) is 4.34. The molecule has 0 amide bonds. The molecule has 1 aromatic carbocycles. The minimum absolute atomic E-state index is 0.160. The molecule has 20 heavy (non-hydrogen) atoms. The Morgan fingerprint density at radius 2 is 2.05 bits per heavy atom. The molecule has 0 aliphatic heterocycles. The van der Waals surface area contributed by atoms with Crippen molar-refractivity contribution in [3.8, 4) is 11.3 Å². The van der Waals surface area contributed by atoms with Crippen LogP contribution in [0.25, 0.3) is 11.3 Å². The van der Waals surface area contributed by atoms with E-state index in [-0.39, 0.29) is 12.5 Å². The van der Waals surface area contributed by atoms with E-state index in [1.807, 2.05) is 18.2 Å². The first-order valence-corrected chi connectivity index (χ1v) is 6.90. The average Bonchev–Trinajstić information content (AvgIpc) is 2.90. The van der Waals surface area contributed by atoms with E-state index in [9.17, 15) is 4.79 Å². The summed E-state index contributed by atoms with van der Waals surface area (Å²) >= 11 is 0. The minimum atomic E-state index is -0.281. The summed E-state index contributed by atoms with van der Waals surface area (Å²) in [4.78, 5) is 11.4. The number of hydrogen-bond acceptors (Lipinski definition) is 3. The summed E-state index contributed by atoms with van der Waals surface area (Å²) < 4.78 is 6.43. The van der Waals surface area contributed by atoms with Gasteiger partial charge in [0.25, 0.3) is 0 Å². The van der Waals surface area contributed by atoms with Crippen LogP contribution in [0, 0.1) is 0 Å². The number of carbonyl (C=O) groups excluding carboxylic acids is 1. The summed E-state index contributed by atoms with van der Waals surface area (Å²) in [6.07, 6.45) is 1.83. The summed E-state index contributed by atoms with van der Waals surface area (Å²) in [7, 11) is 1.39. The van der Waals surface area contributed by atoms with Crippen molar-refractivity contribution in [1.82, 2.24) is 9.78 Å². The van der Waals surface area contributed by atoms with Crippen LogP contribution < -0.4 is 0 Å². The van der Waals surface area contributed by atoms with Crippen LogP contribution in [0.5, 0.6) is 0 Å². The highest BCUT2D eigenvalue weighted by Gasteiger charge is 2.11. The quantitative estimate of drug-likeness (QED) is 0.786. The van der Waals surface area contributed by atoms with Crippen LogP contribution in [-0.4, -0.2) is 22.9 Å². The van der Waals surface area contributed by atoms with Gasteiger partial charge in [0.15, 0.2) is 0 Å². The highest BCUT2D eigenvalue weighted by Crippen LogP contribution is 2.21. The third-order valence-corrected chi connectivity index (χ3v) is 3.36. The van der Waals surface area contributed by atoms with Crippen molar-refractivity contribution >= 4 is 5.97 Å². The molecule has 1 aromatic heterocycles. The Labute approximate surface area is 119 Å². The van der Waals surface area contributed by atoms with Gasteiger partial charge in [0.1, 0.15) is 6.54 Å². The molecular weight excluding hydrogens is 252 g/mol. The van der Waals surface area contributed by atoms with Gasteiger partial charge in [0, 0.05) is 11.3 Å². The monoisotopic (exact) mass is 272 g/mol. The number of aromatic nitrogens is 2. The average molecular weight is 272 g/mol. The lowest BCUT2D eigenvalue weighted by atomic mass is 10.1. The molecule has 1 heterocycles. The molecular formula is C16H20N2O2. The number of benzene rings is 1. The molecule has 0 fully saturated rings.